The third-order valence-corrected chi connectivity index (χ3v) is 3.99. The molecule has 1 spiro atoms. The molecule has 3 nitrogen and oxygen atoms in total. The maximum absolute atomic E-state index is 12.0. The fraction of sp³-hybridized carbons (Fsp3) is 0.786. The van der Waals surface area contributed by atoms with Gasteiger partial charge in [0, 0.05) is 12.5 Å². The van der Waals surface area contributed by atoms with E-state index in [0.29, 0.717) is 18.9 Å². The van der Waals surface area contributed by atoms with Crippen LogP contribution in [0.15, 0.2) is 0 Å². The first kappa shape index (κ1) is 12.6. The summed E-state index contributed by atoms with van der Waals surface area (Å²) in [7, 11) is 0. The molecule has 0 amide bonds. The van der Waals surface area contributed by atoms with E-state index in [-0.39, 0.29) is 11.5 Å². The van der Waals surface area contributed by atoms with Gasteiger partial charge in [-0.05, 0) is 25.7 Å². The first-order valence-corrected chi connectivity index (χ1v) is 6.57. The van der Waals surface area contributed by atoms with Gasteiger partial charge in [0.25, 0.3) is 0 Å². The summed E-state index contributed by atoms with van der Waals surface area (Å²) >= 11 is 0. The van der Waals surface area contributed by atoms with E-state index < -0.39 is 0 Å². The second-order valence-electron chi connectivity index (χ2n) is 5.20. The van der Waals surface area contributed by atoms with E-state index in [2.05, 4.69) is 11.2 Å². The Morgan fingerprint density at radius 3 is 2.94 bits per heavy atom. The molecular weight excluding hydrogens is 214 g/mol. The van der Waals surface area contributed by atoms with E-state index in [1.54, 1.807) is 0 Å². The maximum Gasteiger partial charge on any atom is 0.149 e. The minimum absolute atomic E-state index is 0.0324. The summed E-state index contributed by atoms with van der Waals surface area (Å²) < 4.78 is 5.93. The van der Waals surface area contributed by atoms with Crippen LogP contribution in [0.3, 0.4) is 0 Å². The summed E-state index contributed by atoms with van der Waals surface area (Å²) in [5.74, 6) is 2.96. The Hall–Kier alpha value is -0.850. The Morgan fingerprint density at radius 2 is 2.24 bits per heavy atom. The molecule has 1 atom stereocenters. The van der Waals surface area contributed by atoms with Gasteiger partial charge in [-0.3, -0.25) is 10.1 Å². The third-order valence-electron chi connectivity index (χ3n) is 3.99. The first-order chi connectivity index (χ1) is 8.26. The van der Waals surface area contributed by atoms with Crippen LogP contribution in [0.25, 0.3) is 0 Å². The molecule has 1 saturated carbocycles. The SMILES string of the molecule is C#CCNCC(=O)C1CCOC2(CCCC2)C1. The molecule has 0 aromatic heterocycles. The normalized spacial score (nSPS) is 26.9. The van der Waals surface area contributed by atoms with Crippen molar-refractivity contribution in [3.05, 3.63) is 0 Å². The molecule has 2 fully saturated rings. The standard InChI is InChI=1S/C14H21NO2/c1-2-8-15-11-13(16)12-5-9-17-14(10-12)6-3-4-7-14/h1,12,15H,3-11H2. The molecule has 0 aromatic carbocycles. The van der Waals surface area contributed by atoms with E-state index in [4.69, 9.17) is 11.2 Å². The van der Waals surface area contributed by atoms with Crippen LogP contribution in [0.1, 0.15) is 38.5 Å². The van der Waals surface area contributed by atoms with Gasteiger partial charge in [-0.15, -0.1) is 6.42 Å². The fourth-order valence-electron chi connectivity index (χ4n) is 3.07. The minimum atomic E-state index is 0.0324. The molecule has 0 bridgehead atoms. The summed E-state index contributed by atoms with van der Waals surface area (Å²) in [5, 5.41) is 2.98. The van der Waals surface area contributed by atoms with Crippen molar-refractivity contribution in [2.45, 2.75) is 44.1 Å². The number of Topliss-reactive ketones (excluding diaryl/α,β-unsaturated/α-hetero) is 1. The second-order valence-corrected chi connectivity index (χ2v) is 5.20. The largest absolute Gasteiger partial charge is 0.375 e. The molecule has 1 N–H and O–H groups in total. The van der Waals surface area contributed by atoms with Gasteiger partial charge in [0.2, 0.25) is 0 Å². The van der Waals surface area contributed by atoms with Gasteiger partial charge in [-0.25, -0.2) is 0 Å². The van der Waals surface area contributed by atoms with Crippen molar-refractivity contribution in [1.82, 2.24) is 5.32 Å². The van der Waals surface area contributed by atoms with Crippen LogP contribution in [0.5, 0.6) is 0 Å². The second kappa shape index (κ2) is 5.66. The smallest absolute Gasteiger partial charge is 0.149 e. The van der Waals surface area contributed by atoms with Crippen LogP contribution in [-0.2, 0) is 9.53 Å². The number of carbonyl (C=O) groups is 1. The van der Waals surface area contributed by atoms with E-state index in [1.165, 1.54) is 12.8 Å². The topological polar surface area (TPSA) is 38.3 Å². The fourth-order valence-corrected chi connectivity index (χ4v) is 3.07. The highest BCUT2D eigenvalue weighted by Crippen LogP contribution is 2.42. The lowest BCUT2D eigenvalue weighted by molar-refractivity contribution is -0.135. The molecule has 1 aliphatic heterocycles. The number of rotatable bonds is 4. The number of nitrogens with one attached hydrogen (secondary N) is 1. The van der Waals surface area contributed by atoms with Crippen molar-refractivity contribution >= 4 is 5.78 Å². The van der Waals surface area contributed by atoms with Crippen molar-refractivity contribution in [2.75, 3.05) is 19.7 Å². The molecular formula is C14H21NO2. The third kappa shape index (κ3) is 3.08. The Morgan fingerprint density at radius 1 is 1.47 bits per heavy atom. The van der Waals surface area contributed by atoms with Crippen molar-refractivity contribution in [1.29, 1.82) is 0 Å². The Labute approximate surface area is 103 Å². The predicted molar refractivity (Wildman–Crippen MR) is 66.6 cm³/mol. The summed E-state index contributed by atoms with van der Waals surface area (Å²) in [6.07, 6.45) is 11.7. The zero-order chi connectivity index (χ0) is 12.1. The number of terminal acetylenes is 1. The first-order valence-electron chi connectivity index (χ1n) is 6.57. The highest BCUT2D eigenvalue weighted by molar-refractivity contribution is 5.83. The number of ketones is 1. The quantitative estimate of drug-likeness (QED) is 0.593. The predicted octanol–water partition coefficient (Wildman–Crippen LogP) is 1.52. The summed E-state index contributed by atoms with van der Waals surface area (Å²) in [5.41, 5.74) is 0.0324. The van der Waals surface area contributed by atoms with E-state index in [9.17, 15) is 4.79 Å². The van der Waals surface area contributed by atoms with Gasteiger partial charge in [0.15, 0.2) is 0 Å². The number of hydrogen-bond donors (Lipinski definition) is 1. The Bertz CT molecular complexity index is 313. The zero-order valence-corrected chi connectivity index (χ0v) is 10.3. The van der Waals surface area contributed by atoms with Gasteiger partial charge in [-0.1, -0.05) is 18.8 Å². The van der Waals surface area contributed by atoms with Crippen LogP contribution >= 0.6 is 0 Å². The molecule has 1 unspecified atom stereocenters. The average molecular weight is 235 g/mol. The monoisotopic (exact) mass is 235 g/mol. The van der Waals surface area contributed by atoms with Gasteiger partial charge in [-0.2, -0.15) is 0 Å². The Balaban J connectivity index is 1.84. The van der Waals surface area contributed by atoms with E-state index in [0.717, 1.165) is 32.3 Å². The lowest BCUT2D eigenvalue weighted by Gasteiger charge is -2.37. The molecule has 1 heterocycles. The van der Waals surface area contributed by atoms with Crippen molar-refractivity contribution in [2.24, 2.45) is 5.92 Å². The van der Waals surface area contributed by atoms with Crippen LogP contribution in [0.4, 0.5) is 0 Å². The molecule has 0 radical (unpaired) electrons. The van der Waals surface area contributed by atoms with Crippen molar-refractivity contribution in [3.8, 4) is 12.3 Å². The lowest BCUT2D eigenvalue weighted by Crippen LogP contribution is -2.41. The van der Waals surface area contributed by atoms with E-state index >= 15 is 0 Å². The molecule has 0 aromatic rings. The molecule has 1 aliphatic carbocycles. The molecule has 94 valence electrons. The minimum Gasteiger partial charge on any atom is -0.375 e. The number of ether oxygens (including phenoxy) is 1. The number of carbonyl (C=O) groups excluding carboxylic acids is 1. The maximum atomic E-state index is 12.0. The molecule has 17 heavy (non-hydrogen) atoms. The van der Waals surface area contributed by atoms with Crippen LogP contribution < -0.4 is 5.32 Å². The van der Waals surface area contributed by atoms with Gasteiger partial charge in [0.05, 0.1) is 18.7 Å². The molecule has 3 heteroatoms. The summed E-state index contributed by atoms with van der Waals surface area (Å²) in [6.45, 7) is 1.62. The average Bonchev–Trinajstić information content (AvgIpc) is 2.77. The highest BCUT2D eigenvalue weighted by atomic mass is 16.5. The zero-order valence-electron chi connectivity index (χ0n) is 10.3. The van der Waals surface area contributed by atoms with Gasteiger partial charge >= 0.3 is 0 Å². The Kier molecular flexibility index (Phi) is 4.20. The van der Waals surface area contributed by atoms with Gasteiger partial charge < -0.3 is 4.74 Å². The highest BCUT2D eigenvalue weighted by Gasteiger charge is 2.41. The summed E-state index contributed by atoms with van der Waals surface area (Å²) in [4.78, 5) is 12.0. The number of hydrogen-bond acceptors (Lipinski definition) is 3. The molecule has 2 rings (SSSR count). The van der Waals surface area contributed by atoms with Crippen LogP contribution in [0, 0.1) is 18.3 Å². The summed E-state index contributed by atoms with van der Waals surface area (Å²) in [6, 6.07) is 0. The van der Waals surface area contributed by atoms with Crippen LogP contribution in [-0.4, -0.2) is 31.1 Å². The molecule has 2 aliphatic rings. The van der Waals surface area contributed by atoms with Crippen molar-refractivity contribution < 1.29 is 9.53 Å². The van der Waals surface area contributed by atoms with Crippen molar-refractivity contribution in [3.63, 3.8) is 0 Å². The van der Waals surface area contributed by atoms with Gasteiger partial charge in [0.1, 0.15) is 5.78 Å². The van der Waals surface area contributed by atoms with E-state index in [1.807, 2.05) is 0 Å². The lowest BCUT2D eigenvalue weighted by atomic mass is 9.82. The molecule has 1 saturated heterocycles. The van der Waals surface area contributed by atoms with Crippen LogP contribution in [0.2, 0.25) is 0 Å².